The third-order valence-electron chi connectivity index (χ3n) is 4.57. The Morgan fingerprint density at radius 1 is 1.09 bits per heavy atom. The number of thiazole rings is 1. The first-order valence-electron chi connectivity index (χ1n) is 10.0. The Bertz CT molecular complexity index is 1250. The third kappa shape index (κ3) is 6.34. The Labute approximate surface area is 202 Å². The lowest BCUT2D eigenvalue weighted by Gasteiger charge is -2.06. The molecule has 0 unspecified atom stereocenters. The molecule has 2 N–H and O–H groups in total. The van der Waals surface area contributed by atoms with E-state index in [4.69, 9.17) is 4.52 Å². The number of carbonyl (C=O) groups is 2. The largest absolute Gasteiger partial charge is 0.361 e. The van der Waals surface area contributed by atoms with Crippen molar-refractivity contribution in [2.45, 2.75) is 23.9 Å². The number of hydrogen-bond acceptors (Lipinski definition) is 9. The van der Waals surface area contributed by atoms with Crippen molar-refractivity contribution in [1.82, 2.24) is 15.1 Å². The molecule has 0 aliphatic carbocycles. The highest BCUT2D eigenvalue weighted by Crippen LogP contribution is 2.34. The number of rotatable bonds is 9. The van der Waals surface area contributed by atoms with Gasteiger partial charge in [0.1, 0.15) is 11.6 Å². The molecule has 11 heteroatoms. The molecule has 0 saturated heterocycles. The molecule has 0 aliphatic heterocycles. The highest BCUT2D eigenvalue weighted by Gasteiger charge is 2.12. The fraction of sp³-hybridized carbons (Fsp3) is 0.227. The number of nitrogens with one attached hydrogen (secondary N) is 2. The minimum absolute atomic E-state index is 0.164. The topological polar surface area (TPSA) is 110 Å². The first-order valence-corrected chi connectivity index (χ1v) is 13.0. The van der Waals surface area contributed by atoms with Crippen molar-refractivity contribution in [3.63, 3.8) is 0 Å². The second-order valence-corrected chi connectivity index (χ2v) is 10.3. The number of pyridine rings is 1. The van der Waals surface area contributed by atoms with Crippen LogP contribution in [0.3, 0.4) is 0 Å². The van der Waals surface area contributed by atoms with Crippen molar-refractivity contribution < 1.29 is 14.1 Å². The Morgan fingerprint density at radius 2 is 1.91 bits per heavy atom. The van der Waals surface area contributed by atoms with Crippen LogP contribution >= 0.6 is 34.9 Å². The van der Waals surface area contributed by atoms with Crippen LogP contribution in [0.4, 0.5) is 11.5 Å². The van der Waals surface area contributed by atoms with Crippen LogP contribution in [0.5, 0.6) is 0 Å². The highest BCUT2D eigenvalue weighted by atomic mass is 32.2. The number of carbonyl (C=O) groups excluding carboxylic acids is 2. The van der Waals surface area contributed by atoms with Gasteiger partial charge in [-0.15, -0.1) is 23.1 Å². The number of fused-ring (bicyclic) bond motifs is 1. The molecule has 0 spiro atoms. The number of aryl methyl sites for hydroxylation is 2. The van der Waals surface area contributed by atoms with Gasteiger partial charge in [-0.1, -0.05) is 23.0 Å². The summed E-state index contributed by atoms with van der Waals surface area (Å²) >= 11 is 4.47. The quantitative estimate of drug-likeness (QED) is 0.313. The molecule has 1 aromatic carbocycles. The first-order chi connectivity index (χ1) is 16.0. The molecular formula is C22H21N5O3S3. The van der Waals surface area contributed by atoms with E-state index in [1.807, 2.05) is 32.0 Å². The molecule has 3 aromatic heterocycles. The van der Waals surface area contributed by atoms with Gasteiger partial charge in [-0.3, -0.25) is 9.59 Å². The fourth-order valence-corrected chi connectivity index (χ4v) is 5.81. The monoisotopic (exact) mass is 499 g/mol. The zero-order chi connectivity index (χ0) is 23.2. The summed E-state index contributed by atoms with van der Waals surface area (Å²) in [5, 5.41) is 9.57. The van der Waals surface area contributed by atoms with Gasteiger partial charge in [0.05, 0.1) is 27.4 Å². The second kappa shape index (κ2) is 10.8. The van der Waals surface area contributed by atoms with E-state index in [0.29, 0.717) is 11.5 Å². The van der Waals surface area contributed by atoms with Gasteiger partial charge in [-0.25, -0.2) is 9.97 Å². The predicted octanol–water partition coefficient (Wildman–Crippen LogP) is 4.90. The van der Waals surface area contributed by atoms with E-state index in [1.165, 1.54) is 11.8 Å². The molecule has 0 fully saturated rings. The maximum Gasteiger partial charge on any atom is 0.235 e. The van der Waals surface area contributed by atoms with Crippen molar-refractivity contribution in [2.75, 3.05) is 22.1 Å². The van der Waals surface area contributed by atoms with E-state index < -0.39 is 0 Å². The van der Waals surface area contributed by atoms with Crippen LogP contribution in [0, 0.1) is 13.8 Å². The molecule has 0 radical (unpaired) electrons. The number of aromatic nitrogens is 3. The summed E-state index contributed by atoms with van der Waals surface area (Å²) in [4.78, 5) is 32.9. The van der Waals surface area contributed by atoms with Crippen LogP contribution in [0.1, 0.15) is 17.0 Å². The number of thioether (sulfide) groups is 2. The van der Waals surface area contributed by atoms with Gasteiger partial charge >= 0.3 is 0 Å². The smallest absolute Gasteiger partial charge is 0.235 e. The third-order valence-corrected chi connectivity index (χ3v) is 7.69. The lowest BCUT2D eigenvalue weighted by atomic mass is 10.2. The Morgan fingerprint density at radius 3 is 2.64 bits per heavy atom. The van der Waals surface area contributed by atoms with Crippen molar-refractivity contribution in [3.8, 4) is 0 Å². The Balaban J connectivity index is 1.26. The van der Waals surface area contributed by atoms with Gasteiger partial charge in [0.25, 0.3) is 0 Å². The van der Waals surface area contributed by atoms with Crippen molar-refractivity contribution in [3.05, 3.63) is 59.6 Å². The molecule has 0 bridgehead atoms. The summed E-state index contributed by atoms with van der Waals surface area (Å²) in [7, 11) is 0. The van der Waals surface area contributed by atoms with Gasteiger partial charge in [-0.2, -0.15) is 0 Å². The summed E-state index contributed by atoms with van der Waals surface area (Å²) in [5.41, 5.74) is 3.59. The average Bonchev–Trinajstić information content (AvgIpc) is 3.34. The van der Waals surface area contributed by atoms with E-state index in [9.17, 15) is 9.59 Å². The second-order valence-electron chi connectivity index (χ2n) is 7.06. The van der Waals surface area contributed by atoms with Crippen LogP contribution in [0.25, 0.3) is 10.2 Å². The van der Waals surface area contributed by atoms with E-state index >= 15 is 0 Å². The number of benzene rings is 1. The van der Waals surface area contributed by atoms with Gasteiger partial charge in [0.15, 0.2) is 4.34 Å². The minimum Gasteiger partial charge on any atom is -0.361 e. The summed E-state index contributed by atoms with van der Waals surface area (Å²) < 4.78 is 7.16. The SMILES string of the molecule is Cc1noc(C)c1CSc1nc2ccc(NC(=O)CSCC(=O)Nc3ccccn3)cc2s1. The molecule has 4 rings (SSSR count). The Hall–Kier alpha value is -2.89. The fourth-order valence-electron chi connectivity index (χ4n) is 2.93. The van der Waals surface area contributed by atoms with Crippen LogP contribution in [-0.4, -0.2) is 38.4 Å². The minimum atomic E-state index is -0.195. The van der Waals surface area contributed by atoms with Crippen molar-refractivity contribution in [1.29, 1.82) is 0 Å². The molecule has 2 amide bonds. The van der Waals surface area contributed by atoms with E-state index in [-0.39, 0.29) is 23.3 Å². The normalized spacial score (nSPS) is 11.0. The standard InChI is InChI=1S/C22H21N5O3S3/c1-13-16(14(2)30-27-13)10-32-22-25-17-7-6-15(9-18(17)33-22)24-20(28)11-31-12-21(29)26-19-5-3-4-8-23-19/h3-9H,10-12H2,1-2H3,(H,24,28)(H,23,26,29). The molecule has 0 saturated carbocycles. The molecule has 0 aliphatic rings. The van der Waals surface area contributed by atoms with E-state index in [1.54, 1.807) is 47.5 Å². The number of amides is 2. The van der Waals surface area contributed by atoms with Crippen molar-refractivity contribution >= 4 is 68.4 Å². The maximum atomic E-state index is 12.3. The highest BCUT2D eigenvalue weighted by molar-refractivity contribution is 8.00. The van der Waals surface area contributed by atoms with Gasteiger partial charge < -0.3 is 15.2 Å². The predicted molar refractivity (Wildman–Crippen MR) is 134 cm³/mol. The zero-order valence-corrected chi connectivity index (χ0v) is 20.4. The number of anilines is 2. The van der Waals surface area contributed by atoms with Crippen LogP contribution < -0.4 is 10.6 Å². The van der Waals surface area contributed by atoms with Gasteiger partial charge in [0, 0.05) is 23.2 Å². The lowest BCUT2D eigenvalue weighted by Crippen LogP contribution is -2.18. The summed E-state index contributed by atoms with van der Waals surface area (Å²) in [6.07, 6.45) is 1.61. The van der Waals surface area contributed by atoms with Crippen molar-refractivity contribution in [2.24, 2.45) is 0 Å². The lowest BCUT2D eigenvalue weighted by molar-refractivity contribution is -0.114. The molecular weight excluding hydrogens is 478 g/mol. The van der Waals surface area contributed by atoms with E-state index in [0.717, 1.165) is 37.3 Å². The Kier molecular flexibility index (Phi) is 7.63. The summed E-state index contributed by atoms with van der Waals surface area (Å²) in [6, 6.07) is 10.9. The molecule has 0 atom stereocenters. The molecule has 4 aromatic rings. The van der Waals surface area contributed by atoms with Gasteiger partial charge in [0.2, 0.25) is 11.8 Å². The van der Waals surface area contributed by atoms with Crippen LogP contribution in [0.15, 0.2) is 51.5 Å². The van der Waals surface area contributed by atoms with Crippen LogP contribution in [0.2, 0.25) is 0 Å². The molecule has 3 heterocycles. The van der Waals surface area contributed by atoms with E-state index in [2.05, 4.69) is 25.8 Å². The molecule has 8 nitrogen and oxygen atoms in total. The summed E-state index contributed by atoms with van der Waals surface area (Å²) in [5.74, 6) is 2.06. The van der Waals surface area contributed by atoms with Gasteiger partial charge in [-0.05, 0) is 44.2 Å². The average molecular weight is 500 g/mol. The molecule has 33 heavy (non-hydrogen) atoms. The number of hydrogen-bond donors (Lipinski definition) is 2. The summed E-state index contributed by atoms with van der Waals surface area (Å²) in [6.45, 7) is 3.85. The first kappa shape index (κ1) is 23.3. The zero-order valence-electron chi connectivity index (χ0n) is 18.0. The number of nitrogens with zero attached hydrogens (tertiary/aromatic N) is 3. The van der Waals surface area contributed by atoms with Crippen LogP contribution in [-0.2, 0) is 15.3 Å². The molecule has 170 valence electrons. The maximum absolute atomic E-state index is 12.3.